The number of amides is 1. The maximum absolute atomic E-state index is 10.8. The van der Waals surface area contributed by atoms with Gasteiger partial charge in [0, 0.05) is 24.5 Å². The summed E-state index contributed by atoms with van der Waals surface area (Å²) in [7, 11) is 0. The summed E-state index contributed by atoms with van der Waals surface area (Å²) in [6.07, 6.45) is 3.28. The molecular formula is C21H21N3O3. The Bertz CT molecular complexity index is 937. The molecule has 6 heteroatoms. The van der Waals surface area contributed by atoms with Crippen molar-refractivity contribution in [1.29, 1.82) is 0 Å². The van der Waals surface area contributed by atoms with Gasteiger partial charge in [-0.15, -0.1) is 0 Å². The van der Waals surface area contributed by atoms with Gasteiger partial charge in [-0.2, -0.15) is 0 Å². The van der Waals surface area contributed by atoms with Gasteiger partial charge in [-0.1, -0.05) is 48.5 Å². The number of ether oxygens (including phenoxy) is 1. The molecule has 6 nitrogen and oxygen atoms in total. The number of nitrogens with zero attached hydrogens (tertiary/aromatic N) is 2. The third kappa shape index (κ3) is 3.71. The minimum absolute atomic E-state index is 0.240. The van der Waals surface area contributed by atoms with Crippen LogP contribution in [0.4, 0.5) is 4.79 Å². The number of nitrogens with one attached hydrogen (secondary N) is 1. The lowest BCUT2D eigenvalue weighted by Gasteiger charge is -2.27. The molecular weight excluding hydrogens is 342 g/mol. The van der Waals surface area contributed by atoms with Crippen LogP contribution < -0.4 is 5.32 Å². The first-order valence-corrected chi connectivity index (χ1v) is 8.98. The molecule has 1 aliphatic rings. The molecule has 0 saturated heterocycles. The Balaban J connectivity index is 1.67. The number of fused-ring (bicyclic) bond motifs is 1. The average Bonchev–Trinajstić information content (AvgIpc) is 3.14. The second kappa shape index (κ2) is 7.63. The lowest BCUT2D eigenvalue weighted by molar-refractivity contribution is 0.0428. The van der Waals surface area contributed by atoms with Crippen LogP contribution in [-0.4, -0.2) is 33.9 Å². The van der Waals surface area contributed by atoms with Gasteiger partial charge in [0.25, 0.3) is 0 Å². The molecule has 1 aliphatic heterocycles. The fourth-order valence-electron chi connectivity index (χ4n) is 3.60. The summed E-state index contributed by atoms with van der Waals surface area (Å²) in [4.78, 5) is 15.4. The average molecular weight is 363 g/mol. The van der Waals surface area contributed by atoms with Gasteiger partial charge in [-0.25, -0.2) is 9.78 Å². The van der Waals surface area contributed by atoms with Gasteiger partial charge in [0.2, 0.25) is 0 Å². The molecule has 0 radical (unpaired) electrons. The molecule has 2 heterocycles. The predicted molar refractivity (Wildman–Crippen MR) is 102 cm³/mol. The Hall–Kier alpha value is -3.12. The van der Waals surface area contributed by atoms with Crippen molar-refractivity contribution < 1.29 is 14.6 Å². The van der Waals surface area contributed by atoms with Crippen molar-refractivity contribution in [2.75, 3.05) is 13.2 Å². The molecule has 1 amide bonds. The van der Waals surface area contributed by atoms with E-state index in [0.717, 1.165) is 29.9 Å². The van der Waals surface area contributed by atoms with Crippen LogP contribution in [0.15, 0.2) is 60.9 Å². The number of carbonyl (C=O) groups is 1. The fourth-order valence-corrected chi connectivity index (χ4v) is 3.60. The first-order chi connectivity index (χ1) is 13.2. The van der Waals surface area contributed by atoms with E-state index in [1.165, 1.54) is 11.1 Å². The molecule has 4 rings (SSSR count). The summed E-state index contributed by atoms with van der Waals surface area (Å²) in [5.41, 5.74) is 4.51. The van der Waals surface area contributed by atoms with Crippen LogP contribution in [0.3, 0.4) is 0 Å². The maximum Gasteiger partial charge on any atom is 0.404 e. The zero-order valence-corrected chi connectivity index (χ0v) is 14.8. The number of carboxylic acid groups (broad SMARTS) is 1. The molecule has 1 unspecified atom stereocenters. The molecule has 1 aromatic heterocycles. The van der Waals surface area contributed by atoms with Crippen LogP contribution in [-0.2, 0) is 17.7 Å². The molecule has 138 valence electrons. The lowest BCUT2D eigenvalue weighted by Crippen LogP contribution is -2.31. The third-order valence-corrected chi connectivity index (χ3v) is 4.82. The molecule has 2 N–H and O–H groups in total. The molecule has 2 aromatic carbocycles. The summed E-state index contributed by atoms with van der Waals surface area (Å²) in [5, 5.41) is 11.3. The first kappa shape index (κ1) is 17.3. The quantitative estimate of drug-likeness (QED) is 0.728. The van der Waals surface area contributed by atoms with Crippen LogP contribution in [0.5, 0.6) is 0 Å². The van der Waals surface area contributed by atoms with E-state index in [9.17, 15) is 4.79 Å². The van der Waals surface area contributed by atoms with Crippen molar-refractivity contribution in [3.05, 3.63) is 77.6 Å². The van der Waals surface area contributed by atoms with Crippen LogP contribution in [0.1, 0.15) is 22.8 Å². The van der Waals surface area contributed by atoms with E-state index < -0.39 is 6.09 Å². The van der Waals surface area contributed by atoms with E-state index >= 15 is 0 Å². The number of hydrogen-bond acceptors (Lipinski definition) is 3. The Morgan fingerprint density at radius 2 is 2.07 bits per heavy atom. The number of aromatic nitrogens is 2. The predicted octanol–water partition coefficient (Wildman–Crippen LogP) is 3.48. The molecule has 3 aromatic rings. The molecule has 0 spiro atoms. The Morgan fingerprint density at radius 1 is 1.22 bits per heavy atom. The second-order valence-corrected chi connectivity index (χ2v) is 6.53. The largest absolute Gasteiger partial charge is 0.465 e. The van der Waals surface area contributed by atoms with Crippen molar-refractivity contribution in [2.45, 2.75) is 19.1 Å². The molecule has 27 heavy (non-hydrogen) atoms. The summed E-state index contributed by atoms with van der Waals surface area (Å²) in [6, 6.07) is 16.4. The fraction of sp³-hybridized carbons (Fsp3) is 0.238. The summed E-state index contributed by atoms with van der Waals surface area (Å²) >= 11 is 0. The van der Waals surface area contributed by atoms with Crippen molar-refractivity contribution in [3.63, 3.8) is 0 Å². The number of imidazole rings is 1. The molecule has 1 atom stereocenters. The Morgan fingerprint density at radius 3 is 2.89 bits per heavy atom. The van der Waals surface area contributed by atoms with Crippen molar-refractivity contribution in [3.8, 4) is 11.4 Å². The smallest absolute Gasteiger partial charge is 0.404 e. The van der Waals surface area contributed by atoms with E-state index in [0.29, 0.717) is 6.61 Å². The van der Waals surface area contributed by atoms with Gasteiger partial charge in [0.15, 0.2) is 0 Å². The zero-order valence-electron chi connectivity index (χ0n) is 14.8. The maximum atomic E-state index is 10.8. The summed E-state index contributed by atoms with van der Waals surface area (Å²) in [5.74, 6) is 0.919. The van der Waals surface area contributed by atoms with Crippen molar-refractivity contribution in [2.24, 2.45) is 0 Å². The van der Waals surface area contributed by atoms with Gasteiger partial charge in [-0.05, 0) is 23.1 Å². The van der Waals surface area contributed by atoms with Crippen LogP contribution >= 0.6 is 0 Å². The highest BCUT2D eigenvalue weighted by Gasteiger charge is 2.25. The van der Waals surface area contributed by atoms with Gasteiger partial charge >= 0.3 is 6.09 Å². The normalized spacial score (nSPS) is 15.9. The van der Waals surface area contributed by atoms with Crippen LogP contribution in [0.2, 0.25) is 0 Å². The SMILES string of the molecule is O=C(O)NCC1OCCc2c(-c3nccn3Cc3ccccc3)cccc21. The van der Waals surface area contributed by atoms with E-state index in [1.807, 2.05) is 42.7 Å². The van der Waals surface area contributed by atoms with Gasteiger partial charge < -0.3 is 19.7 Å². The monoisotopic (exact) mass is 363 g/mol. The Kier molecular flexibility index (Phi) is 4.89. The van der Waals surface area contributed by atoms with Gasteiger partial charge in [0.05, 0.1) is 13.2 Å². The highest BCUT2D eigenvalue weighted by Crippen LogP contribution is 2.34. The van der Waals surface area contributed by atoms with Gasteiger partial charge in [0.1, 0.15) is 11.9 Å². The highest BCUT2D eigenvalue weighted by molar-refractivity contribution is 5.65. The molecule has 0 saturated carbocycles. The highest BCUT2D eigenvalue weighted by atomic mass is 16.5. The first-order valence-electron chi connectivity index (χ1n) is 8.98. The minimum Gasteiger partial charge on any atom is -0.465 e. The van der Waals surface area contributed by atoms with Crippen molar-refractivity contribution >= 4 is 6.09 Å². The second-order valence-electron chi connectivity index (χ2n) is 6.53. The third-order valence-electron chi connectivity index (χ3n) is 4.82. The number of rotatable bonds is 5. The van der Waals surface area contributed by atoms with E-state index in [4.69, 9.17) is 9.84 Å². The van der Waals surface area contributed by atoms with E-state index in [1.54, 1.807) is 0 Å². The minimum atomic E-state index is -1.04. The molecule has 0 fully saturated rings. The zero-order chi connectivity index (χ0) is 18.6. The summed E-state index contributed by atoms with van der Waals surface area (Å²) in [6.45, 7) is 1.56. The van der Waals surface area contributed by atoms with E-state index in [-0.39, 0.29) is 12.6 Å². The molecule has 0 bridgehead atoms. The topological polar surface area (TPSA) is 76.4 Å². The van der Waals surface area contributed by atoms with E-state index in [2.05, 4.69) is 33.1 Å². The number of benzene rings is 2. The van der Waals surface area contributed by atoms with Crippen LogP contribution in [0, 0.1) is 0 Å². The Labute approximate surface area is 157 Å². The standard InChI is InChI=1S/C21H21N3O3/c25-21(26)23-13-19-17-7-4-8-18(16(17)9-12-27-19)20-22-10-11-24(20)14-15-5-2-1-3-6-15/h1-8,10-11,19,23H,9,12-14H2,(H,25,26). The molecule has 0 aliphatic carbocycles. The van der Waals surface area contributed by atoms with Gasteiger partial charge in [-0.3, -0.25) is 0 Å². The lowest BCUT2D eigenvalue weighted by atomic mass is 9.92. The van der Waals surface area contributed by atoms with Crippen molar-refractivity contribution in [1.82, 2.24) is 14.9 Å². The summed E-state index contributed by atoms with van der Waals surface area (Å²) < 4.78 is 7.94. The van der Waals surface area contributed by atoms with Crippen LogP contribution in [0.25, 0.3) is 11.4 Å². The number of hydrogen-bond donors (Lipinski definition) is 2.